The molecule has 0 N–H and O–H groups in total. The van der Waals surface area contributed by atoms with Crippen molar-refractivity contribution in [2.75, 3.05) is 13.1 Å². The Morgan fingerprint density at radius 1 is 1.50 bits per heavy atom. The van der Waals surface area contributed by atoms with Gasteiger partial charge < -0.3 is 0 Å². The topological polar surface area (TPSA) is 55.2 Å². The quantitative estimate of drug-likeness (QED) is 0.790. The van der Waals surface area contributed by atoms with Crippen LogP contribution in [0.5, 0.6) is 0 Å². The van der Waals surface area contributed by atoms with Crippen LogP contribution in [-0.4, -0.2) is 35.6 Å². The molecule has 2 heterocycles. The van der Waals surface area contributed by atoms with Gasteiger partial charge in [0, 0.05) is 26.3 Å². The van der Waals surface area contributed by atoms with Gasteiger partial charge in [-0.3, -0.25) is 4.68 Å². The highest BCUT2D eigenvalue weighted by Gasteiger charge is 2.44. The van der Waals surface area contributed by atoms with E-state index in [1.165, 1.54) is 15.1 Å². The first-order valence-corrected chi connectivity index (χ1v) is 6.81. The van der Waals surface area contributed by atoms with Crippen molar-refractivity contribution in [2.45, 2.75) is 25.3 Å². The molecule has 16 heavy (non-hydrogen) atoms. The van der Waals surface area contributed by atoms with Crippen molar-refractivity contribution < 1.29 is 8.42 Å². The Hall–Kier alpha value is -0.880. The molecule has 1 aromatic heterocycles. The van der Waals surface area contributed by atoms with Crippen molar-refractivity contribution in [3.63, 3.8) is 0 Å². The third-order valence-electron chi connectivity index (χ3n) is 3.26. The van der Waals surface area contributed by atoms with Crippen molar-refractivity contribution in [3.8, 4) is 0 Å². The van der Waals surface area contributed by atoms with Crippen LogP contribution in [0.2, 0.25) is 0 Å². The van der Waals surface area contributed by atoms with E-state index in [1.807, 2.05) is 0 Å². The molecule has 0 saturated carbocycles. The SMILES string of the molecule is CCC1(C)CN(S(=O)(=O)c2ccn(C)n2)C1. The van der Waals surface area contributed by atoms with Gasteiger partial charge in [-0.1, -0.05) is 13.8 Å². The van der Waals surface area contributed by atoms with Gasteiger partial charge in [-0.25, -0.2) is 8.42 Å². The lowest BCUT2D eigenvalue weighted by atomic mass is 9.82. The molecular weight excluding hydrogens is 226 g/mol. The fraction of sp³-hybridized carbons (Fsp3) is 0.700. The summed E-state index contributed by atoms with van der Waals surface area (Å²) in [6, 6.07) is 1.54. The molecule has 0 unspecified atom stereocenters. The van der Waals surface area contributed by atoms with E-state index in [2.05, 4.69) is 18.9 Å². The Labute approximate surface area is 96.1 Å². The summed E-state index contributed by atoms with van der Waals surface area (Å²) < 4.78 is 27.2. The Kier molecular flexibility index (Phi) is 2.58. The Morgan fingerprint density at radius 3 is 2.56 bits per heavy atom. The summed E-state index contributed by atoms with van der Waals surface area (Å²) in [6.07, 6.45) is 2.65. The second kappa shape index (κ2) is 3.56. The molecule has 5 nitrogen and oxygen atoms in total. The standard InChI is InChI=1S/C10H17N3O2S/c1-4-10(2)7-13(8-10)16(14,15)9-5-6-12(3)11-9/h5-6H,4,7-8H2,1-3H3. The van der Waals surface area contributed by atoms with Gasteiger partial charge in [0.1, 0.15) is 0 Å². The molecule has 1 saturated heterocycles. The number of hydrogen-bond acceptors (Lipinski definition) is 3. The van der Waals surface area contributed by atoms with Crippen LogP contribution in [0.25, 0.3) is 0 Å². The number of aromatic nitrogens is 2. The number of nitrogens with zero attached hydrogens (tertiary/aromatic N) is 3. The monoisotopic (exact) mass is 243 g/mol. The molecule has 0 atom stereocenters. The minimum absolute atomic E-state index is 0.141. The number of sulfonamides is 1. The van der Waals surface area contributed by atoms with Crippen molar-refractivity contribution in [1.29, 1.82) is 0 Å². The number of rotatable bonds is 3. The zero-order chi connectivity index (χ0) is 12.0. The highest BCUT2D eigenvalue weighted by atomic mass is 32.2. The van der Waals surface area contributed by atoms with Crippen LogP contribution in [0, 0.1) is 5.41 Å². The second-order valence-corrected chi connectivity index (χ2v) is 6.65. The first-order valence-electron chi connectivity index (χ1n) is 5.37. The lowest BCUT2D eigenvalue weighted by molar-refractivity contribution is 0.0858. The van der Waals surface area contributed by atoms with Gasteiger partial charge in [-0.15, -0.1) is 0 Å². The lowest BCUT2D eigenvalue weighted by Gasteiger charge is -2.46. The molecule has 6 heteroatoms. The minimum atomic E-state index is -3.36. The van der Waals surface area contributed by atoms with Crippen LogP contribution in [0.4, 0.5) is 0 Å². The van der Waals surface area contributed by atoms with E-state index in [0.29, 0.717) is 13.1 Å². The third-order valence-corrected chi connectivity index (χ3v) is 4.95. The smallest absolute Gasteiger partial charge is 0.262 e. The van der Waals surface area contributed by atoms with Gasteiger partial charge in [0.15, 0.2) is 5.03 Å². The van der Waals surface area contributed by atoms with Gasteiger partial charge in [0.2, 0.25) is 0 Å². The van der Waals surface area contributed by atoms with Gasteiger partial charge in [-0.05, 0) is 17.9 Å². The van der Waals surface area contributed by atoms with E-state index >= 15 is 0 Å². The van der Waals surface area contributed by atoms with E-state index in [4.69, 9.17) is 0 Å². The van der Waals surface area contributed by atoms with Gasteiger partial charge >= 0.3 is 0 Å². The summed E-state index contributed by atoms with van der Waals surface area (Å²) in [5, 5.41) is 4.09. The van der Waals surface area contributed by atoms with Gasteiger partial charge in [0.25, 0.3) is 10.0 Å². The summed E-state index contributed by atoms with van der Waals surface area (Å²) in [4.78, 5) is 0. The van der Waals surface area contributed by atoms with Crippen LogP contribution in [-0.2, 0) is 17.1 Å². The van der Waals surface area contributed by atoms with Crippen LogP contribution in [0.3, 0.4) is 0 Å². The fourth-order valence-corrected chi connectivity index (χ4v) is 3.55. The first kappa shape index (κ1) is 11.6. The van der Waals surface area contributed by atoms with E-state index in [-0.39, 0.29) is 10.4 Å². The summed E-state index contributed by atoms with van der Waals surface area (Å²) in [5.74, 6) is 0. The van der Waals surface area contributed by atoms with E-state index in [1.54, 1.807) is 13.2 Å². The average Bonchev–Trinajstić information content (AvgIpc) is 2.60. The molecule has 1 aliphatic heterocycles. The Bertz CT molecular complexity index is 486. The van der Waals surface area contributed by atoms with Crippen LogP contribution < -0.4 is 0 Å². The highest BCUT2D eigenvalue weighted by Crippen LogP contribution is 2.36. The van der Waals surface area contributed by atoms with E-state index < -0.39 is 10.0 Å². The first-order chi connectivity index (χ1) is 7.37. The van der Waals surface area contributed by atoms with Crippen molar-refractivity contribution in [3.05, 3.63) is 12.3 Å². The molecule has 0 amide bonds. The van der Waals surface area contributed by atoms with Crippen molar-refractivity contribution in [1.82, 2.24) is 14.1 Å². The molecule has 1 aliphatic rings. The van der Waals surface area contributed by atoms with Crippen LogP contribution >= 0.6 is 0 Å². The maximum Gasteiger partial charge on any atom is 0.262 e. The summed E-state index contributed by atoms with van der Waals surface area (Å²) in [5.41, 5.74) is 0.141. The predicted octanol–water partition coefficient (Wildman–Crippen LogP) is 0.841. The molecule has 2 rings (SSSR count). The minimum Gasteiger partial charge on any atom is -0.274 e. The summed E-state index contributed by atoms with van der Waals surface area (Å²) in [7, 11) is -1.65. The third kappa shape index (κ3) is 1.76. The van der Waals surface area contributed by atoms with Gasteiger partial charge in [-0.2, -0.15) is 9.40 Å². The lowest BCUT2D eigenvalue weighted by Crippen LogP contribution is -2.56. The molecule has 0 aromatic carbocycles. The average molecular weight is 243 g/mol. The van der Waals surface area contributed by atoms with Crippen LogP contribution in [0.1, 0.15) is 20.3 Å². The Balaban J connectivity index is 2.17. The van der Waals surface area contributed by atoms with Crippen molar-refractivity contribution in [2.24, 2.45) is 12.5 Å². The van der Waals surface area contributed by atoms with E-state index in [9.17, 15) is 8.42 Å². The molecule has 0 bridgehead atoms. The zero-order valence-corrected chi connectivity index (χ0v) is 10.7. The summed E-state index contributed by atoms with van der Waals surface area (Å²) in [6.45, 7) is 5.40. The highest BCUT2D eigenvalue weighted by molar-refractivity contribution is 7.89. The Morgan fingerprint density at radius 2 is 2.12 bits per heavy atom. The molecule has 0 aliphatic carbocycles. The molecular formula is C10H17N3O2S. The fourth-order valence-electron chi connectivity index (χ4n) is 1.86. The summed E-state index contributed by atoms with van der Waals surface area (Å²) >= 11 is 0. The normalized spacial score (nSPS) is 20.7. The number of aryl methyl sites for hydroxylation is 1. The van der Waals surface area contributed by atoms with E-state index in [0.717, 1.165) is 6.42 Å². The molecule has 90 valence electrons. The predicted molar refractivity (Wildman–Crippen MR) is 60.4 cm³/mol. The molecule has 0 spiro atoms. The maximum absolute atomic E-state index is 12.1. The molecule has 1 fully saturated rings. The maximum atomic E-state index is 12.1. The molecule has 1 aromatic rings. The largest absolute Gasteiger partial charge is 0.274 e. The number of hydrogen-bond donors (Lipinski definition) is 0. The zero-order valence-electron chi connectivity index (χ0n) is 9.84. The van der Waals surface area contributed by atoms with Crippen LogP contribution in [0.15, 0.2) is 17.3 Å². The van der Waals surface area contributed by atoms with Crippen molar-refractivity contribution >= 4 is 10.0 Å². The van der Waals surface area contributed by atoms with Gasteiger partial charge in [0.05, 0.1) is 0 Å². The molecule has 0 radical (unpaired) electrons. The second-order valence-electron chi connectivity index (χ2n) is 4.76.